The van der Waals surface area contributed by atoms with Crippen LogP contribution in [0.15, 0.2) is 46.8 Å². The van der Waals surface area contributed by atoms with E-state index < -0.39 is 53.8 Å². The molecule has 0 saturated heterocycles. The van der Waals surface area contributed by atoms with Gasteiger partial charge in [0.15, 0.2) is 0 Å². The van der Waals surface area contributed by atoms with Crippen molar-refractivity contribution in [3.63, 3.8) is 0 Å². The van der Waals surface area contributed by atoms with Gasteiger partial charge in [-0.05, 0) is 40.2 Å². The van der Waals surface area contributed by atoms with Gasteiger partial charge in [0, 0.05) is 30.6 Å². The number of nitro benzene ring substituents is 1. The molecule has 0 saturated carbocycles. The number of benzene rings is 1. The molecule has 2 rings (SSSR count). The fourth-order valence-electron chi connectivity index (χ4n) is 3.92. The molecule has 2 atom stereocenters. The Kier molecular flexibility index (Phi) is 11.3. The van der Waals surface area contributed by atoms with Gasteiger partial charge in [0.2, 0.25) is 6.79 Å². The van der Waals surface area contributed by atoms with Crippen LogP contribution in [0.2, 0.25) is 0 Å². The summed E-state index contributed by atoms with van der Waals surface area (Å²) in [5.41, 5.74) is 5.09. The Morgan fingerprint density at radius 1 is 1.00 bits per heavy atom. The van der Waals surface area contributed by atoms with Crippen LogP contribution in [-0.4, -0.2) is 73.1 Å². The lowest BCUT2D eigenvalue weighted by Gasteiger charge is -2.36. The van der Waals surface area contributed by atoms with Gasteiger partial charge in [0.25, 0.3) is 5.69 Å². The van der Waals surface area contributed by atoms with E-state index >= 15 is 0 Å². The number of nitrogens with zero attached hydrogens (tertiary/aromatic N) is 2. The Hall–Kier alpha value is -4.30. The maximum Gasteiger partial charge on any atom is 0.421 e. The van der Waals surface area contributed by atoms with Crippen LogP contribution < -0.4 is 5.73 Å². The lowest BCUT2D eigenvalue weighted by Crippen LogP contribution is -2.39. The van der Waals surface area contributed by atoms with Crippen molar-refractivity contribution >= 4 is 29.7 Å². The Morgan fingerprint density at radius 2 is 1.62 bits per heavy atom. The summed E-state index contributed by atoms with van der Waals surface area (Å²) in [6.45, 7) is 6.57. The summed E-state index contributed by atoms with van der Waals surface area (Å²) in [5, 5.41) is 11.5. The number of methoxy groups -OCH3 is 1. The number of allylic oxidation sites excluding steroid dienone is 2. The third kappa shape index (κ3) is 7.64. The molecular formula is C26H33N3O11. The first-order chi connectivity index (χ1) is 18.8. The summed E-state index contributed by atoms with van der Waals surface area (Å²) >= 11 is 0. The summed E-state index contributed by atoms with van der Waals surface area (Å²) in [6.07, 6.45) is -1.66. The van der Waals surface area contributed by atoms with Gasteiger partial charge < -0.3 is 29.4 Å². The molecule has 0 bridgehead atoms. The first-order valence-corrected chi connectivity index (χ1v) is 12.2. The summed E-state index contributed by atoms with van der Waals surface area (Å²) in [7, 11) is 1.41. The van der Waals surface area contributed by atoms with Crippen molar-refractivity contribution in [2.24, 2.45) is 5.73 Å². The first kappa shape index (κ1) is 31.9. The highest BCUT2D eigenvalue weighted by molar-refractivity contribution is 6.01. The number of nitrogens with two attached hydrogens (primary N) is 1. The Labute approximate surface area is 230 Å². The number of carbonyl (C=O) groups excluding carboxylic acids is 4. The predicted octanol–water partition coefficient (Wildman–Crippen LogP) is 2.67. The van der Waals surface area contributed by atoms with E-state index in [-0.39, 0.29) is 47.0 Å². The minimum atomic E-state index is -1.21. The molecule has 1 amide bonds. The van der Waals surface area contributed by atoms with Crippen LogP contribution in [0, 0.1) is 10.1 Å². The van der Waals surface area contributed by atoms with E-state index in [1.54, 1.807) is 13.8 Å². The number of carbonyl (C=O) groups is 4. The Balaban J connectivity index is 2.72. The molecule has 1 aromatic carbocycles. The van der Waals surface area contributed by atoms with Crippen molar-refractivity contribution in [2.45, 2.75) is 52.7 Å². The lowest BCUT2D eigenvalue weighted by molar-refractivity contribution is -0.384. The van der Waals surface area contributed by atoms with Crippen LogP contribution in [0.25, 0.3) is 0 Å². The van der Waals surface area contributed by atoms with Gasteiger partial charge in [-0.1, -0.05) is 12.1 Å². The van der Waals surface area contributed by atoms with E-state index in [4.69, 9.17) is 29.4 Å². The van der Waals surface area contributed by atoms with Crippen LogP contribution in [0.4, 0.5) is 10.5 Å². The van der Waals surface area contributed by atoms with E-state index in [1.165, 1.54) is 52.1 Å². The highest BCUT2D eigenvalue weighted by atomic mass is 16.7. The first-order valence-electron chi connectivity index (χ1n) is 12.2. The molecule has 1 aliphatic rings. The maximum absolute atomic E-state index is 13.4. The standard InChI is InChI=1S/C26H33N3O11/c1-14(2)40-25(32)21-17(5)28(26(33)39-13-38-23(30)15(3)27)16(4)20(24(31)37-11-10-36-6)22(21)18-8-7-9-19(12-18)29(34)35/h7-9,12,14-15,22H,10-11,13,27H2,1-6H3/t15-,22?/m0/s1. The van der Waals surface area contributed by atoms with Crippen LogP contribution in [0.3, 0.4) is 0 Å². The van der Waals surface area contributed by atoms with Crippen molar-refractivity contribution < 1.29 is 47.8 Å². The van der Waals surface area contributed by atoms with E-state index in [9.17, 15) is 29.3 Å². The van der Waals surface area contributed by atoms with Crippen LogP contribution >= 0.6 is 0 Å². The second-order valence-corrected chi connectivity index (χ2v) is 8.98. The van der Waals surface area contributed by atoms with Gasteiger partial charge in [-0.3, -0.25) is 19.8 Å². The zero-order valence-electron chi connectivity index (χ0n) is 23.1. The number of rotatable bonds is 11. The average molecular weight is 564 g/mol. The molecule has 0 fully saturated rings. The third-order valence-corrected chi connectivity index (χ3v) is 5.68. The lowest BCUT2D eigenvalue weighted by atomic mass is 9.79. The normalized spacial score (nSPS) is 16.0. The van der Waals surface area contributed by atoms with Gasteiger partial charge in [0.1, 0.15) is 12.6 Å². The van der Waals surface area contributed by atoms with Crippen molar-refractivity contribution in [3.8, 4) is 0 Å². The Morgan fingerprint density at radius 3 is 2.17 bits per heavy atom. The molecule has 218 valence electrons. The molecule has 0 radical (unpaired) electrons. The van der Waals surface area contributed by atoms with Gasteiger partial charge in [-0.25, -0.2) is 14.4 Å². The smallest absolute Gasteiger partial charge is 0.421 e. The molecule has 1 aromatic rings. The zero-order chi connectivity index (χ0) is 30.1. The number of non-ortho nitro benzene ring substituents is 1. The fourth-order valence-corrected chi connectivity index (χ4v) is 3.92. The number of esters is 3. The quantitative estimate of drug-likeness (QED) is 0.104. The van der Waals surface area contributed by atoms with Crippen LogP contribution in [0.5, 0.6) is 0 Å². The van der Waals surface area contributed by atoms with Crippen molar-refractivity contribution in [1.82, 2.24) is 4.90 Å². The van der Waals surface area contributed by atoms with Gasteiger partial charge in [0.05, 0.1) is 34.7 Å². The molecule has 2 N–H and O–H groups in total. The number of ether oxygens (including phenoxy) is 5. The molecule has 0 aliphatic carbocycles. The fraction of sp³-hybridized carbons (Fsp3) is 0.462. The second-order valence-electron chi connectivity index (χ2n) is 8.98. The number of hydrogen-bond donors (Lipinski definition) is 1. The summed E-state index contributed by atoms with van der Waals surface area (Å²) in [6, 6.07) is 4.43. The van der Waals surface area contributed by atoms with E-state index in [0.29, 0.717) is 0 Å². The van der Waals surface area contributed by atoms with Crippen molar-refractivity contribution in [1.29, 1.82) is 0 Å². The average Bonchev–Trinajstić information content (AvgIpc) is 2.87. The molecule has 1 aliphatic heterocycles. The molecule has 14 heteroatoms. The molecular weight excluding hydrogens is 530 g/mol. The minimum absolute atomic E-state index is 0.0149. The highest BCUT2D eigenvalue weighted by Crippen LogP contribution is 2.44. The van der Waals surface area contributed by atoms with Crippen LogP contribution in [-0.2, 0) is 38.1 Å². The number of hydrogen-bond acceptors (Lipinski definition) is 12. The highest BCUT2D eigenvalue weighted by Gasteiger charge is 2.43. The second kappa shape index (κ2) is 14.2. The number of nitro groups is 1. The predicted molar refractivity (Wildman–Crippen MR) is 138 cm³/mol. The van der Waals surface area contributed by atoms with Gasteiger partial charge in [-0.15, -0.1) is 0 Å². The summed E-state index contributed by atoms with van der Waals surface area (Å²) in [4.78, 5) is 63.5. The Bertz CT molecular complexity index is 1220. The number of amides is 1. The molecule has 40 heavy (non-hydrogen) atoms. The summed E-state index contributed by atoms with van der Waals surface area (Å²) < 4.78 is 25.6. The van der Waals surface area contributed by atoms with Crippen molar-refractivity contribution in [3.05, 3.63) is 62.5 Å². The maximum atomic E-state index is 13.4. The molecule has 0 aromatic heterocycles. The third-order valence-electron chi connectivity index (χ3n) is 5.68. The van der Waals surface area contributed by atoms with E-state index in [0.717, 1.165) is 4.90 Å². The van der Waals surface area contributed by atoms with Gasteiger partial charge >= 0.3 is 24.0 Å². The van der Waals surface area contributed by atoms with E-state index in [1.807, 2.05) is 0 Å². The zero-order valence-corrected chi connectivity index (χ0v) is 23.1. The van der Waals surface area contributed by atoms with Gasteiger partial charge in [-0.2, -0.15) is 0 Å². The summed E-state index contributed by atoms with van der Waals surface area (Å²) in [5.74, 6) is -3.81. The SMILES string of the molecule is COCCOC(=O)C1=C(C)N(C(=O)OCOC(=O)[C@H](C)N)C(C)=C(C(=O)OC(C)C)C1c1cccc([N+](=O)[O-])c1. The topological polar surface area (TPSA) is 187 Å². The molecule has 14 nitrogen and oxygen atoms in total. The molecule has 1 heterocycles. The van der Waals surface area contributed by atoms with E-state index in [2.05, 4.69) is 0 Å². The largest absolute Gasteiger partial charge is 0.460 e. The van der Waals surface area contributed by atoms with Crippen molar-refractivity contribution in [2.75, 3.05) is 27.1 Å². The van der Waals surface area contributed by atoms with Crippen LogP contribution in [0.1, 0.15) is 46.1 Å². The molecule has 1 unspecified atom stereocenters. The molecule has 0 spiro atoms. The minimum Gasteiger partial charge on any atom is -0.460 e. The monoisotopic (exact) mass is 563 g/mol.